The standard InChI is InChI=1S/C23H26N4O/c1-13-8-17(23(5,6)7)9-14(2)21(13)27-18-12-24-15(3)10-19(18)28-20-11-16(4)25-26-22(20)27/h8-12H,1-7H3. The Labute approximate surface area is 166 Å². The second-order valence-electron chi connectivity index (χ2n) is 8.61. The molecule has 0 unspecified atom stereocenters. The third-order valence-corrected chi connectivity index (χ3v) is 5.10. The number of rotatable bonds is 1. The average molecular weight is 374 g/mol. The van der Waals surface area contributed by atoms with E-state index in [4.69, 9.17) is 4.74 Å². The molecule has 0 spiro atoms. The van der Waals surface area contributed by atoms with E-state index in [0.29, 0.717) is 11.6 Å². The van der Waals surface area contributed by atoms with Crippen LogP contribution in [-0.4, -0.2) is 15.2 Å². The summed E-state index contributed by atoms with van der Waals surface area (Å²) in [6, 6.07) is 8.43. The molecule has 0 atom stereocenters. The Hall–Kier alpha value is -2.95. The van der Waals surface area contributed by atoms with Gasteiger partial charge in [0.15, 0.2) is 11.5 Å². The molecule has 0 aliphatic carbocycles. The summed E-state index contributed by atoms with van der Waals surface area (Å²) in [4.78, 5) is 6.63. The van der Waals surface area contributed by atoms with Gasteiger partial charge in [0.1, 0.15) is 5.69 Å². The van der Waals surface area contributed by atoms with Gasteiger partial charge in [0.25, 0.3) is 0 Å². The molecule has 28 heavy (non-hydrogen) atoms. The van der Waals surface area contributed by atoms with Crippen LogP contribution in [0.25, 0.3) is 0 Å². The number of hydrogen-bond donors (Lipinski definition) is 0. The zero-order chi connectivity index (χ0) is 20.2. The Kier molecular flexibility index (Phi) is 4.14. The van der Waals surface area contributed by atoms with E-state index in [1.807, 2.05) is 32.2 Å². The van der Waals surface area contributed by atoms with E-state index < -0.39 is 0 Å². The van der Waals surface area contributed by atoms with Gasteiger partial charge in [0, 0.05) is 17.8 Å². The van der Waals surface area contributed by atoms with Crippen molar-refractivity contribution < 1.29 is 4.74 Å². The van der Waals surface area contributed by atoms with Crippen molar-refractivity contribution in [3.05, 3.63) is 58.5 Å². The van der Waals surface area contributed by atoms with Crippen molar-refractivity contribution in [1.82, 2.24) is 15.2 Å². The van der Waals surface area contributed by atoms with Gasteiger partial charge in [-0.05, 0) is 49.8 Å². The van der Waals surface area contributed by atoms with Crippen molar-refractivity contribution in [3.8, 4) is 11.5 Å². The van der Waals surface area contributed by atoms with Crippen molar-refractivity contribution in [3.63, 3.8) is 0 Å². The first kappa shape index (κ1) is 18.4. The van der Waals surface area contributed by atoms with Crippen LogP contribution in [0.1, 0.15) is 48.8 Å². The Bertz CT molecular complexity index is 1010. The van der Waals surface area contributed by atoms with Crippen molar-refractivity contribution in [2.45, 2.75) is 53.9 Å². The maximum atomic E-state index is 6.16. The molecule has 4 rings (SSSR count). The second kappa shape index (κ2) is 6.30. The highest BCUT2D eigenvalue weighted by Crippen LogP contribution is 2.50. The minimum Gasteiger partial charge on any atom is -0.451 e. The molecular weight excluding hydrogens is 348 g/mol. The van der Waals surface area contributed by atoms with Crippen LogP contribution in [0.2, 0.25) is 0 Å². The second-order valence-corrected chi connectivity index (χ2v) is 8.61. The zero-order valence-electron chi connectivity index (χ0n) is 17.6. The van der Waals surface area contributed by atoms with Crippen LogP contribution < -0.4 is 9.64 Å². The van der Waals surface area contributed by atoms with Crippen LogP contribution >= 0.6 is 0 Å². The van der Waals surface area contributed by atoms with Crippen molar-refractivity contribution in [1.29, 1.82) is 0 Å². The van der Waals surface area contributed by atoms with E-state index in [-0.39, 0.29) is 5.41 Å². The molecular formula is C23H26N4O. The molecule has 0 saturated carbocycles. The van der Waals surface area contributed by atoms with Gasteiger partial charge in [0.2, 0.25) is 5.82 Å². The SMILES string of the molecule is Cc1cc2c(cn1)N(c1c(C)cc(C(C)(C)C)cc1C)c1nnc(C)cc1O2. The molecule has 0 saturated heterocycles. The zero-order valence-corrected chi connectivity index (χ0v) is 17.6. The van der Waals surface area contributed by atoms with E-state index in [1.54, 1.807) is 0 Å². The third kappa shape index (κ3) is 3.01. The number of anilines is 3. The number of pyridine rings is 1. The molecule has 3 aromatic rings. The monoisotopic (exact) mass is 374 g/mol. The number of nitrogens with zero attached hydrogens (tertiary/aromatic N) is 4. The van der Waals surface area contributed by atoms with Crippen molar-refractivity contribution >= 4 is 17.2 Å². The van der Waals surface area contributed by atoms with Gasteiger partial charge in [0.05, 0.1) is 17.6 Å². The van der Waals surface area contributed by atoms with Crippen LogP contribution in [0, 0.1) is 27.7 Å². The summed E-state index contributed by atoms with van der Waals surface area (Å²) in [5.41, 5.74) is 7.50. The minimum atomic E-state index is 0.0878. The summed E-state index contributed by atoms with van der Waals surface area (Å²) in [5.74, 6) is 2.19. The summed E-state index contributed by atoms with van der Waals surface area (Å²) in [5, 5.41) is 8.76. The van der Waals surface area contributed by atoms with E-state index in [9.17, 15) is 0 Å². The molecule has 0 fully saturated rings. The summed E-state index contributed by atoms with van der Waals surface area (Å²) in [6.45, 7) is 14.9. The third-order valence-electron chi connectivity index (χ3n) is 5.10. The maximum Gasteiger partial charge on any atom is 0.203 e. The van der Waals surface area contributed by atoms with E-state index >= 15 is 0 Å². The predicted octanol–water partition coefficient (Wildman–Crippen LogP) is 5.98. The number of aryl methyl sites for hydroxylation is 4. The lowest BCUT2D eigenvalue weighted by Gasteiger charge is -2.34. The fraction of sp³-hybridized carbons (Fsp3) is 0.348. The molecule has 0 amide bonds. The summed E-state index contributed by atoms with van der Waals surface area (Å²) in [6.07, 6.45) is 1.85. The molecule has 3 heterocycles. The highest BCUT2D eigenvalue weighted by molar-refractivity contribution is 5.86. The van der Waals surface area contributed by atoms with Gasteiger partial charge in [-0.1, -0.05) is 32.9 Å². The molecule has 0 radical (unpaired) electrons. The van der Waals surface area contributed by atoms with Crippen LogP contribution in [0.5, 0.6) is 11.5 Å². The van der Waals surface area contributed by atoms with Gasteiger partial charge in [-0.2, -0.15) is 5.10 Å². The Balaban J connectivity index is 1.98. The van der Waals surface area contributed by atoms with Crippen LogP contribution in [-0.2, 0) is 5.41 Å². The van der Waals surface area contributed by atoms with Gasteiger partial charge >= 0.3 is 0 Å². The minimum absolute atomic E-state index is 0.0878. The summed E-state index contributed by atoms with van der Waals surface area (Å²) < 4.78 is 6.16. The number of aromatic nitrogens is 3. The Morgan fingerprint density at radius 1 is 0.821 bits per heavy atom. The molecule has 5 heteroatoms. The van der Waals surface area contributed by atoms with Gasteiger partial charge in [-0.3, -0.25) is 9.88 Å². The first-order chi connectivity index (χ1) is 13.1. The van der Waals surface area contributed by atoms with Gasteiger partial charge in [-0.15, -0.1) is 5.10 Å². The normalized spacial score (nSPS) is 13.0. The number of ether oxygens (including phenoxy) is 1. The Morgan fingerprint density at radius 3 is 2.11 bits per heavy atom. The average Bonchev–Trinajstić information content (AvgIpc) is 2.59. The fourth-order valence-electron chi connectivity index (χ4n) is 3.67. The van der Waals surface area contributed by atoms with Crippen LogP contribution in [0.4, 0.5) is 17.2 Å². The maximum absolute atomic E-state index is 6.16. The number of benzene rings is 1. The molecule has 0 N–H and O–H groups in total. The molecule has 1 aliphatic heterocycles. The molecule has 0 bridgehead atoms. The number of hydrogen-bond acceptors (Lipinski definition) is 5. The molecule has 1 aromatic carbocycles. The van der Waals surface area contributed by atoms with Crippen molar-refractivity contribution in [2.75, 3.05) is 4.90 Å². The van der Waals surface area contributed by atoms with E-state index in [1.165, 1.54) is 16.7 Å². The van der Waals surface area contributed by atoms with E-state index in [2.05, 4.69) is 66.8 Å². The molecule has 144 valence electrons. The molecule has 5 nitrogen and oxygen atoms in total. The highest BCUT2D eigenvalue weighted by Gasteiger charge is 2.31. The van der Waals surface area contributed by atoms with Crippen LogP contribution in [0.3, 0.4) is 0 Å². The fourth-order valence-corrected chi connectivity index (χ4v) is 3.67. The lowest BCUT2D eigenvalue weighted by Crippen LogP contribution is -2.21. The molecule has 2 aromatic heterocycles. The first-order valence-electron chi connectivity index (χ1n) is 9.56. The lowest BCUT2D eigenvalue weighted by atomic mass is 9.84. The quantitative estimate of drug-likeness (QED) is 0.410. The predicted molar refractivity (Wildman–Crippen MR) is 112 cm³/mol. The smallest absolute Gasteiger partial charge is 0.203 e. The first-order valence-corrected chi connectivity index (χ1v) is 9.56. The molecule has 1 aliphatic rings. The van der Waals surface area contributed by atoms with Gasteiger partial charge in [-0.25, -0.2) is 0 Å². The lowest BCUT2D eigenvalue weighted by molar-refractivity contribution is 0.469. The largest absolute Gasteiger partial charge is 0.451 e. The summed E-state index contributed by atoms with van der Waals surface area (Å²) >= 11 is 0. The summed E-state index contributed by atoms with van der Waals surface area (Å²) in [7, 11) is 0. The van der Waals surface area contributed by atoms with E-state index in [0.717, 1.165) is 28.5 Å². The topological polar surface area (TPSA) is 51.1 Å². The highest BCUT2D eigenvalue weighted by atomic mass is 16.5. The number of fused-ring (bicyclic) bond motifs is 2. The van der Waals surface area contributed by atoms with Gasteiger partial charge < -0.3 is 4.74 Å². The van der Waals surface area contributed by atoms with Crippen molar-refractivity contribution in [2.24, 2.45) is 0 Å². The van der Waals surface area contributed by atoms with Crippen LogP contribution in [0.15, 0.2) is 30.5 Å². The Morgan fingerprint density at radius 2 is 1.46 bits per heavy atom.